The topological polar surface area (TPSA) is 113 Å². The van der Waals surface area contributed by atoms with Crippen molar-refractivity contribution >= 4 is 11.6 Å². The molecule has 1 aliphatic heterocycles. The van der Waals surface area contributed by atoms with Gasteiger partial charge in [-0.1, -0.05) is 18.2 Å². The Balaban J connectivity index is 1.43. The zero-order valence-corrected chi connectivity index (χ0v) is 15.5. The smallest absolute Gasteiger partial charge is 0.253 e. The maximum atomic E-state index is 12.8. The van der Waals surface area contributed by atoms with Crippen LogP contribution in [0.15, 0.2) is 48.7 Å². The summed E-state index contributed by atoms with van der Waals surface area (Å²) in [7, 11) is 0. The average Bonchev–Trinajstić information content (AvgIpc) is 3.22. The Labute approximate surface area is 163 Å². The molecule has 0 bridgehead atoms. The summed E-state index contributed by atoms with van der Waals surface area (Å²) in [6.07, 6.45) is 3.56. The van der Waals surface area contributed by atoms with Gasteiger partial charge in [-0.05, 0) is 37.1 Å². The number of nitrogens with two attached hydrogens (primary N) is 1. The quantitative estimate of drug-likeness (QED) is 0.624. The molecule has 144 valence electrons. The van der Waals surface area contributed by atoms with Crippen molar-refractivity contribution < 1.29 is 4.79 Å². The number of aromatic nitrogens is 4. The minimum atomic E-state index is -0.138. The van der Waals surface area contributed by atoms with Crippen LogP contribution in [0, 0.1) is 0 Å². The highest BCUT2D eigenvalue weighted by Gasteiger charge is 2.21. The van der Waals surface area contributed by atoms with Gasteiger partial charge in [-0.15, -0.1) is 0 Å². The van der Waals surface area contributed by atoms with E-state index in [-0.39, 0.29) is 18.5 Å². The van der Waals surface area contributed by atoms with Crippen LogP contribution in [0.2, 0.25) is 0 Å². The number of hydrogen-bond acceptors (Lipinski definition) is 6. The molecule has 28 heavy (non-hydrogen) atoms. The summed E-state index contributed by atoms with van der Waals surface area (Å²) < 4.78 is 0. The number of nitrogens with one attached hydrogen (secondary N) is 2. The summed E-state index contributed by atoms with van der Waals surface area (Å²) >= 11 is 0. The van der Waals surface area contributed by atoms with Gasteiger partial charge in [-0.25, -0.2) is 4.98 Å². The van der Waals surface area contributed by atoms with Crippen LogP contribution in [-0.2, 0) is 6.54 Å². The van der Waals surface area contributed by atoms with Crippen molar-refractivity contribution in [3.63, 3.8) is 0 Å². The highest BCUT2D eigenvalue weighted by atomic mass is 16.1. The number of anilines is 1. The second-order valence-electron chi connectivity index (χ2n) is 6.84. The van der Waals surface area contributed by atoms with E-state index in [0.717, 1.165) is 31.6 Å². The Kier molecular flexibility index (Phi) is 5.29. The fourth-order valence-corrected chi connectivity index (χ4v) is 3.32. The number of nitrogens with zero attached hydrogens (tertiary/aromatic N) is 4. The van der Waals surface area contributed by atoms with Gasteiger partial charge >= 0.3 is 0 Å². The summed E-state index contributed by atoms with van der Waals surface area (Å²) in [6.45, 7) is 1.99. The SMILES string of the molecule is NC1CCN(c2ccccc2C(=O)NCc2nc(-c3ccccn3)n[nH]2)CC1. The van der Waals surface area contributed by atoms with E-state index in [1.54, 1.807) is 6.20 Å². The number of piperidine rings is 1. The van der Waals surface area contributed by atoms with E-state index in [9.17, 15) is 4.79 Å². The Hall–Kier alpha value is -3.26. The van der Waals surface area contributed by atoms with E-state index in [1.807, 2.05) is 42.5 Å². The third-order valence-corrected chi connectivity index (χ3v) is 4.87. The molecule has 0 radical (unpaired) electrons. The monoisotopic (exact) mass is 377 g/mol. The molecule has 2 aromatic heterocycles. The number of hydrogen-bond donors (Lipinski definition) is 3. The highest BCUT2D eigenvalue weighted by Crippen LogP contribution is 2.24. The van der Waals surface area contributed by atoms with Crippen LogP contribution < -0.4 is 16.0 Å². The zero-order chi connectivity index (χ0) is 19.3. The number of aromatic amines is 1. The lowest BCUT2D eigenvalue weighted by Gasteiger charge is -2.33. The molecule has 8 nitrogen and oxygen atoms in total. The van der Waals surface area contributed by atoms with Gasteiger partial charge in [0.05, 0.1) is 12.1 Å². The molecule has 0 spiro atoms. The molecular formula is C20H23N7O. The molecule has 4 rings (SSSR count). The Morgan fingerprint density at radius 3 is 2.75 bits per heavy atom. The highest BCUT2D eigenvalue weighted by molar-refractivity contribution is 5.99. The number of pyridine rings is 1. The maximum Gasteiger partial charge on any atom is 0.253 e. The number of carbonyl (C=O) groups excluding carboxylic acids is 1. The molecule has 1 amide bonds. The van der Waals surface area contributed by atoms with Crippen molar-refractivity contribution in [3.8, 4) is 11.5 Å². The van der Waals surface area contributed by atoms with Crippen LogP contribution in [0.3, 0.4) is 0 Å². The van der Waals surface area contributed by atoms with Gasteiger partial charge in [0.2, 0.25) is 0 Å². The first-order valence-corrected chi connectivity index (χ1v) is 9.41. The van der Waals surface area contributed by atoms with E-state index in [2.05, 4.69) is 30.4 Å². The van der Waals surface area contributed by atoms with Crippen molar-refractivity contribution in [1.29, 1.82) is 0 Å². The van der Waals surface area contributed by atoms with Gasteiger partial charge in [0.1, 0.15) is 11.5 Å². The van der Waals surface area contributed by atoms with E-state index in [1.165, 1.54) is 0 Å². The summed E-state index contributed by atoms with van der Waals surface area (Å²) in [4.78, 5) is 23.6. The molecule has 0 aliphatic carbocycles. The van der Waals surface area contributed by atoms with Crippen molar-refractivity contribution in [2.24, 2.45) is 5.73 Å². The van der Waals surface area contributed by atoms with E-state index < -0.39 is 0 Å². The number of amides is 1. The van der Waals surface area contributed by atoms with Gasteiger partial charge in [0.15, 0.2) is 5.82 Å². The van der Waals surface area contributed by atoms with Crippen LogP contribution in [0.4, 0.5) is 5.69 Å². The summed E-state index contributed by atoms with van der Waals surface area (Å²) in [5.41, 5.74) is 8.29. The first kappa shape index (κ1) is 18.1. The third-order valence-electron chi connectivity index (χ3n) is 4.87. The lowest BCUT2D eigenvalue weighted by Crippen LogP contribution is -2.40. The third kappa shape index (κ3) is 4.01. The molecule has 3 heterocycles. The van der Waals surface area contributed by atoms with Gasteiger partial charge in [-0.3, -0.25) is 14.9 Å². The molecule has 4 N–H and O–H groups in total. The predicted molar refractivity (Wildman–Crippen MR) is 107 cm³/mol. The standard InChI is InChI=1S/C20H23N7O/c21-14-8-11-27(12-9-14)17-7-2-1-5-15(17)20(28)23-13-18-24-19(26-25-18)16-6-3-4-10-22-16/h1-7,10,14H,8-9,11-13,21H2,(H,23,28)(H,24,25,26). The largest absolute Gasteiger partial charge is 0.371 e. The summed E-state index contributed by atoms with van der Waals surface area (Å²) in [5, 5.41) is 9.94. The number of benzene rings is 1. The molecule has 0 saturated carbocycles. The van der Waals surface area contributed by atoms with Gasteiger partial charge in [0, 0.05) is 31.0 Å². The maximum absolute atomic E-state index is 12.8. The summed E-state index contributed by atoms with van der Waals surface area (Å²) in [5.74, 6) is 0.951. The van der Waals surface area contributed by atoms with Crippen LogP contribution in [0.25, 0.3) is 11.5 Å². The fraction of sp³-hybridized carbons (Fsp3) is 0.300. The summed E-state index contributed by atoms with van der Waals surface area (Å²) in [6, 6.07) is 13.5. The number of rotatable bonds is 5. The van der Waals surface area contributed by atoms with Gasteiger partial charge in [-0.2, -0.15) is 5.10 Å². The normalized spacial score (nSPS) is 14.8. The fourth-order valence-electron chi connectivity index (χ4n) is 3.32. The molecule has 1 aromatic carbocycles. The van der Waals surface area contributed by atoms with Gasteiger partial charge in [0.25, 0.3) is 5.91 Å². The van der Waals surface area contributed by atoms with Crippen LogP contribution in [0.1, 0.15) is 29.0 Å². The number of H-pyrrole nitrogens is 1. The molecule has 1 aliphatic rings. The molecular weight excluding hydrogens is 354 g/mol. The van der Waals surface area contributed by atoms with E-state index in [4.69, 9.17) is 5.73 Å². The molecule has 3 aromatic rings. The second kappa shape index (κ2) is 8.18. The lowest BCUT2D eigenvalue weighted by atomic mass is 10.0. The van der Waals surface area contributed by atoms with Crippen molar-refractivity contribution in [2.75, 3.05) is 18.0 Å². The van der Waals surface area contributed by atoms with Crippen LogP contribution in [0.5, 0.6) is 0 Å². The number of carbonyl (C=O) groups is 1. The number of para-hydroxylation sites is 1. The molecule has 8 heteroatoms. The first-order chi connectivity index (χ1) is 13.7. The second-order valence-corrected chi connectivity index (χ2v) is 6.84. The van der Waals surface area contributed by atoms with Crippen molar-refractivity contribution in [2.45, 2.75) is 25.4 Å². The average molecular weight is 377 g/mol. The predicted octanol–water partition coefficient (Wildman–Crippen LogP) is 1.72. The Morgan fingerprint density at radius 1 is 1.18 bits per heavy atom. The molecule has 0 unspecified atom stereocenters. The minimum absolute atomic E-state index is 0.138. The zero-order valence-electron chi connectivity index (χ0n) is 15.5. The van der Waals surface area contributed by atoms with E-state index >= 15 is 0 Å². The van der Waals surface area contributed by atoms with Crippen molar-refractivity contribution in [3.05, 3.63) is 60.0 Å². The molecule has 1 saturated heterocycles. The van der Waals surface area contributed by atoms with Crippen LogP contribution in [-0.4, -0.2) is 45.2 Å². The van der Waals surface area contributed by atoms with Crippen molar-refractivity contribution in [1.82, 2.24) is 25.5 Å². The lowest BCUT2D eigenvalue weighted by molar-refractivity contribution is 0.0950. The molecule has 1 fully saturated rings. The Bertz CT molecular complexity index is 932. The van der Waals surface area contributed by atoms with E-state index in [0.29, 0.717) is 22.9 Å². The first-order valence-electron chi connectivity index (χ1n) is 9.41. The minimum Gasteiger partial charge on any atom is -0.371 e. The van der Waals surface area contributed by atoms with Gasteiger partial charge < -0.3 is 16.0 Å². The molecule has 0 atom stereocenters. The van der Waals surface area contributed by atoms with Crippen LogP contribution >= 0.6 is 0 Å². The Morgan fingerprint density at radius 2 is 1.96 bits per heavy atom.